The van der Waals surface area contributed by atoms with Crippen molar-refractivity contribution in [1.82, 2.24) is 0 Å². The van der Waals surface area contributed by atoms with Crippen molar-refractivity contribution >= 4 is 21.9 Å². The van der Waals surface area contributed by atoms with E-state index in [4.69, 9.17) is 4.74 Å². The summed E-state index contributed by atoms with van der Waals surface area (Å²) in [5.74, 6) is -0.0399. The molecular weight excluding hydrogens is 196 g/mol. The molecule has 1 unspecified atom stereocenters. The number of esters is 1. The highest BCUT2D eigenvalue weighted by molar-refractivity contribution is 9.09. The first kappa shape index (κ1) is 8.05. The van der Waals surface area contributed by atoms with Gasteiger partial charge in [0.25, 0.3) is 0 Å². The van der Waals surface area contributed by atoms with Crippen LogP contribution >= 0.6 is 15.9 Å². The minimum Gasteiger partial charge on any atom is -0.461 e. The van der Waals surface area contributed by atoms with Crippen LogP contribution in [-0.4, -0.2) is 17.4 Å². The van der Waals surface area contributed by atoms with Gasteiger partial charge in [0, 0.05) is 11.8 Å². The number of ether oxygens (including phenoxy) is 1. The monoisotopic (exact) mass is 206 g/mol. The van der Waals surface area contributed by atoms with Gasteiger partial charge >= 0.3 is 5.97 Å². The Morgan fingerprint density at radius 1 is 1.60 bits per heavy atom. The Kier molecular flexibility index (Phi) is 3.19. The molecule has 0 aromatic rings. The molecule has 1 rings (SSSR count). The van der Waals surface area contributed by atoms with E-state index < -0.39 is 0 Å². The first-order chi connectivity index (χ1) is 4.83. The molecule has 10 heavy (non-hydrogen) atoms. The summed E-state index contributed by atoms with van der Waals surface area (Å²) in [4.78, 5) is 10.8. The Bertz CT molecular complexity index is 125. The van der Waals surface area contributed by atoms with Crippen LogP contribution in [0, 0.1) is 0 Å². The van der Waals surface area contributed by atoms with Crippen LogP contribution in [0.25, 0.3) is 0 Å². The first-order valence-corrected chi connectivity index (χ1v) is 4.70. The van der Waals surface area contributed by atoms with Gasteiger partial charge in [-0.2, -0.15) is 0 Å². The van der Waals surface area contributed by atoms with E-state index in [0.29, 0.717) is 6.42 Å². The van der Waals surface area contributed by atoms with E-state index in [1.165, 1.54) is 0 Å². The van der Waals surface area contributed by atoms with Gasteiger partial charge in [0.1, 0.15) is 6.10 Å². The molecule has 1 atom stereocenters. The van der Waals surface area contributed by atoms with Crippen LogP contribution in [0.2, 0.25) is 0 Å². The minimum atomic E-state index is -0.0399. The predicted octanol–water partition coefficient (Wildman–Crippen LogP) is 1.87. The lowest BCUT2D eigenvalue weighted by Crippen LogP contribution is -2.16. The predicted molar refractivity (Wildman–Crippen MR) is 42.1 cm³/mol. The largest absolute Gasteiger partial charge is 0.461 e. The summed E-state index contributed by atoms with van der Waals surface area (Å²) < 4.78 is 5.07. The van der Waals surface area contributed by atoms with E-state index in [9.17, 15) is 4.79 Å². The van der Waals surface area contributed by atoms with Crippen molar-refractivity contribution in [3.05, 3.63) is 0 Å². The number of rotatable bonds is 1. The van der Waals surface area contributed by atoms with E-state index in [0.717, 1.165) is 24.6 Å². The molecule has 0 saturated carbocycles. The zero-order valence-electron chi connectivity index (χ0n) is 5.81. The van der Waals surface area contributed by atoms with Crippen LogP contribution in [0.3, 0.4) is 0 Å². The normalized spacial score (nSPS) is 27.3. The standard InChI is InChI=1S/C7H11BrO2/c8-5-6-3-1-2-4-7(9)10-6/h6H,1-5H2. The van der Waals surface area contributed by atoms with Crippen LogP contribution in [-0.2, 0) is 9.53 Å². The molecule has 1 aliphatic rings. The topological polar surface area (TPSA) is 26.3 Å². The van der Waals surface area contributed by atoms with Crippen LogP contribution < -0.4 is 0 Å². The molecule has 1 fully saturated rings. The van der Waals surface area contributed by atoms with Crippen molar-refractivity contribution in [1.29, 1.82) is 0 Å². The van der Waals surface area contributed by atoms with Gasteiger partial charge in [0.2, 0.25) is 0 Å². The fourth-order valence-corrected chi connectivity index (χ4v) is 1.51. The molecule has 0 aromatic heterocycles. The second-order valence-electron chi connectivity index (χ2n) is 2.51. The Labute approximate surface area is 69.1 Å². The molecule has 0 radical (unpaired) electrons. The maximum absolute atomic E-state index is 10.8. The summed E-state index contributed by atoms with van der Waals surface area (Å²) in [7, 11) is 0. The zero-order chi connectivity index (χ0) is 7.40. The number of halogens is 1. The van der Waals surface area contributed by atoms with Crippen molar-refractivity contribution in [2.24, 2.45) is 0 Å². The van der Waals surface area contributed by atoms with E-state index >= 15 is 0 Å². The van der Waals surface area contributed by atoms with Gasteiger partial charge < -0.3 is 4.74 Å². The molecule has 1 heterocycles. The van der Waals surface area contributed by atoms with Crippen LogP contribution in [0.5, 0.6) is 0 Å². The van der Waals surface area contributed by atoms with E-state index in [-0.39, 0.29) is 12.1 Å². The number of cyclic esters (lactones) is 1. The lowest BCUT2D eigenvalue weighted by atomic mass is 10.2. The van der Waals surface area contributed by atoms with Crippen LogP contribution in [0.15, 0.2) is 0 Å². The number of carbonyl (C=O) groups is 1. The van der Waals surface area contributed by atoms with Gasteiger partial charge in [-0.3, -0.25) is 4.79 Å². The van der Waals surface area contributed by atoms with Gasteiger partial charge in [0.05, 0.1) is 0 Å². The van der Waals surface area contributed by atoms with E-state index in [1.54, 1.807) is 0 Å². The van der Waals surface area contributed by atoms with Crippen LogP contribution in [0.4, 0.5) is 0 Å². The first-order valence-electron chi connectivity index (χ1n) is 3.58. The van der Waals surface area contributed by atoms with Crippen LogP contribution in [0.1, 0.15) is 25.7 Å². The van der Waals surface area contributed by atoms with Crippen molar-refractivity contribution in [3.63, 3.8) is 0 Å². The van der Waals surface area contributed by atoms with Crippen molar-refractivity contribution in [2.75, 3.05) is 5.33 Å². The van der Waals surface area contributed by atoms with Crippen molar-refractivity contribution in [2.45, 2.75) is 31.8 Å². The summed E-state index contributed by atoms with van der Waals surface area (Å²) in [6.07, 6.45) is 3.83. The number of alkyl halides is 1. The molecule has 1 aliphatic heterocycles. The van der Waals surface area contributed by atoms with E-state index in [1.807, 2.05) is 0 Å². The molecule has 0 bridgehead atoms. The molecule has 58 valence electrons. The maximum atomic E-state index is 10.8. The Balaban J connectivity index is 2.38. The highest BCUT2D eigenvalue weighted by atomic mass is 79.9. The quantitative estimate of drug-likeness (QED) is 0.484. The average Bonchev–Trinajstić information content (AvgIpc) is 2.13. The number of hydrogen-bond acceptors (Lipinski definition) is 2. The highest BCUT2D eigenvalue weighted by Crippen LogP contribution is 2.15. The smallest absolute Gasteiger partial charge is 0.306 e. The minimum absolute atomic E-state index is 0.0399. The summed E-state index contributed by atoms with van der Waals surface area (Å²) in [5.41, 5.74) is 0. The molecule has 2 nitrogen and oxygen atoms in total. The summed E-state index contributed by atoms with van der Waals surface area (Å²) in [5, 5.41) is 0.777. The van der Waals surface area contributed by atoms with Gasteiger partial charge in [-0.15, -0.1) is 0 Å². The lowest BCUT2D eigenvalue weighted by Gasteiger charge is -2.09. The van der Waals surface area contributed by atoms with Gasteiger partial charge in [-0.25, -0.2) is 0 Å². The van der Waals surface area contributed by atoms with Gasteiger partial charge in [-0.05, 0) is 19.3 Å². The molecule has 1 saturated heterocycles. The average molecular weight is 207 g/mol. The summed E-state index contributed by atoms with van der Waals surface area (Å²) in [6, 6.07) is 0. The zero-order valence-corrected chi connectivity index (χ0v) is 7.39. The third-order valence-electron chi connectivity index (χ3n) is 1.63. The second kappa shape index (κ2) is 3.96. The molecule has 0 aliphatic carbocycles. The van der Waals surface area contributed by atoms with Crippen molar-refractivity contribution < 1.29 is 9.53 Å². The molecule has 0 amide bonds. The van der Waals surface area contributed by atoms with Crippen molar-refractivity contribution in [3.8, 4) is 0 Å². The molecular formula is C7H11BrO2. The molecule has 3 heteroatoms. The third kappa shape index (κ3) is 2.29. The Morgan fingerprint density at radius 2 is 2.40 bits per heavy atom. The van der Waals surface area contributed by atoms with Gasteiger partial charge in [-0.1, -0.05) is 15.9 Å². The number of carbonyl (C=O) groups excluding carboxylic acids is 1. The van der Waals surface area contributed by atoms with Gasteiger partial charge in [0.15, 0.2) is 0 Å². The number of hydrogen-bond donors (Lipinski definition) is 0. The SMILES string of the molecule is O=C1CCCCC(CBr)O1. The Morgan fingerprint density at radius 3 is 3.10 bits per heavy atom. The molecule has 0 N–H and O–H groups in total. The summed E-state index contributed by atoms with van der Waals surface area (Å²) >= 11 is 3.30. The maximum Gasteiger partial charge on any atom is 0.306 e. The van der Waals surface area contributed by atoms with E-state index in [2.05, 4.69) is 15.9 Å². The molecule has 0 aromatic carbocycles. The second-order valence-corrected chi connectivity index (χ2v) is 3.16. The Hall–Kier alpha value is -0.0500. The lowest BCUT2D eigenvalue weighted by molar-refractivity contribution is -0.146. The highest BCUT2D eigenvalue weighted by Gasteiger charge is 2.16. The fraction of sp³-hybridized carbons (Fsp3) is 0.857. The fourth-order valence-electron chi connectivity index (χ4n) is 1.05. The third-order valence-corrected chi connectivity index (χ3v) is 2.35. The summed E-state index contributed by atoms with van der Waals surface area (Å²) in [6.45, 7) is 0. The molecule has 0 spiro atoms.